The number of aromatic hydroxyl groups is 1. The number of hydrogen-bond acceptors (Lipinski definition) is 4. The number of nitrogens with zero attached hydrogens (tertiary/aromatic N) is 2. The zero-order chi connectivity index (χ0) is 13.0. The molecule has 0 aliphatic heterocycles. The number of rotatable bonds is 3. The molecule has 0 atom stereocenters. The molecule has 0 bridgehead atoms. The molecule has 2 aromatic carbocycles. The lowest BCUT2D eigenvalue weighted by Gasteiger charge is -1.99. The normalized spacial score (nSPS) is 10.7. The fraction of sp³-hybridized carbons (Fsp3) is 0. The van der Waals surface area contributed by atoms with Gasteiger partial charge in [-0.05, 0) is 41.6 Å². The van der Waals surface area contributed by atoms with Crippen LogP contribution in [-0.4, -0.2) is 11.3 Å². The third kappa shape index (κ3) is 2.93. The van der Waals surface area contributed by atoms with Crippen molar-refractivity contribution < 1.29 is 5.11 Å². The molecule has 0 aliphatic rings. The molecule has 0 saturated heterocycles. The third-order valence-corrected chi connectivity index (χ3v) is 2.51. The van der Waals surface area contributed by atoms with Gasteiger partial charge in [-0.2, -0.15) is 0 Å². The predicted molar refractivity (Wildman–Crippen MR) is 72.3 cm³/mol. The largest absolute Gasteiger partial charge is 0.507 e. The average molecular weight is 261 g/mol. The van der Waals surface area contributed by atoms with Crippen LogP contribution >= 0.6 is 11.6 Å². The summed E-state index contributed by atoms with van der Waals surface area (Å²) in [7, 11) is 0. The molecule has 4 nitrogen and oxygen atoms in total. The Morgan fingerprint density at radius 2 is 1.94 bits per heavy atom. The number of benzene rings is 2. The first-order valence-corrected chi connectivity index (χ1v) is 5.53. The van der Waals surface area contributed by atoms with E-state index in [1.165, 1.54) is 24.4 Å². The van der Waals surface area contributed by atoms with Crippen molar-refractivity contribution in [3.63, 3.8) is 0 Å². The maximum Gasteiger partial charge on any atom is 0.124 e. The second-order valence-electron chi connectivity index (χ2n) is 3.57. The van der Waals surface area contributed by atoms with E-state index in [0.29, 0.717) is 16.3 Å². The second-order valence-corrected chi connectivity index (χ2v) is 4.01. The first kappa shape index (κ1) is 12.3. The van der Waals surface area contributed by atoms with Gasteiger partial charge in [0, 0.05) is 16.8 Å². The highest BCUT2D eigenvalue weighted by atomic mass is 35.5. The van der Waals surface area contributed by atoms with E-state index >= 15 is 0 Å². The van der Waals surface area contributed by atoms with Gasteiger partial charge in [-0.1, -0.05) is 17.7 Å². The summed E-state index contributed by atoms with van der Waals surface area (Å²) in [5.74, 6) is 0.0354. The van der Waals surface area contributed by atoms with Crippen LogP contribution in [0.4, 0.5) is 11.4 Å². The van der Waals surface area contributed by atoms with Crippen LogP contribution < -0.4 is 0 Å². The molecule has 0 radical (unpaired) electrons. The molecule has 0 unspecified atom stereocenters. The van der Waals surface area contributed by atoms with Crippen molar-refractivity contribution >= 4 is 29.2 Å². The summed E-state index contributed by atoms with van der Waals surface area (Å²) < 4.78 is 0. The van der Waals surface area contributed by atoms with Gasteiger partial charge in [0.05, 0.1) is 5.69 Å². The summed E-state index contributed by atoms with van der Waals surface area (Å²) in [6.45, 7) is 0. The fourth-order valence-electron chi connectivity index (χ4n) is 1.40. The van der Waals surface area contributed by atoms with Gasteiger partial charge in [0.25, 0.3) is 0 Å². The molecule has 5 heteroatoms. The Morgan fingerprint density at radius 1 is 1.11 bits per heavy atom. The molecular formula is C13H9ClN2O2. The van der Waals surface area contributed by atoms with E-state index in [-0.39, 0.29) is 11.4 Å². The topological polar surface area (TPSA) is 62.0 Å². The van der Waals surface area contributed by atoms with Crippen LogP contribution in [-0.2, 0) is 0 Å². The fourth-order valence-corrected chi connectivity index (χ4v) is 1.59. The number of phenolic OH excluding ortho intramolecular Hbond substituents is 1. The van der Waals surface area contributed by atoms with Crippen molar-refractivity contribution in [2.45, 2.75) is 0 Å². The number of phenols is 1. The van der Waals surface area contributed by atoms with Gasteiger partial charge in [-0.15, -0.1) is 4.91 Å². The van der Waals surface area contributed by atoms with Crippen LogP contribution in [0.1, 0.15) is 5.56 Å². The van der Waals surface area contributed by atoms with E-state index in [0.717, 1.165) is 0 Å². The van der Waals surface area contributed by atoms with E-state index in [4.69, 9.17) is 11.6 Å². The zero-order valence-corrected chi connectivity index (χ0v) is 10.0. The molecule has 2 rings (SSSR count). The van der Waals surface area contributed by atoms with Crippen molar-refractivity contribution in [1.82, 2.24) is 0 Å². The third-order valence-electron chi connectivity index (χ3n) is 2.28. The highest BCUT2D eigenvalue weighted by molar-refractivity contribution is 6.30. The van der Waals surface area contributed by atoms with E-state index in [1.807, 2.05) is 0 Å². The van der Waals surface area contributed by atoms with Crippen molar-refractivity contribution in [1.29, 1.82) is 0 Å². The Labute approximate surface area is 109 Å². The van der Waals surface area contributed by atoms with Crippen LogP contribution in [0.15, 0.2) is 52.6 Å². The van der Waals surface area contributed by atoms with Gasteiger partial charge in [-0.25, -0.2) is 0 Å². The maximum absolute atomic E-state index is 10.4. The van der Waals surface area contributed by atoms with Gasteiger partial charge in [0.1, 0.15) is 11.4 Å². The number of nitroso groups, excluding NO2 is 1. The minimum atomic E-state index is 0.0354. The molecule has 0 saturated carbocycles. The summed E-state index contributed by atoms with van der Waals surface area (Å²) in [6.07, 6.45) is 1.45. The van der Waals surface area contributed by atoms with Gasteiger partial charge in [0.15, 0.2) is 0 Å². The molecule has 0 amide bonds. The molecule has 1 N–H and O–H groups in total. The number of halogens is 1. The lowest BCUT2D eigenvalue weighted by Crippen LogP contribution is -1.81. The van der Waals surface area contributed by atoms with Gasteiger partial charge < -0.3 is 5.11 Å². The predicted octanol–water partition coefficient (Wildman–Crippen LogP) is 4.19. The Balaban J connectivity index is 2.31. The van der Waals surface area contributed by atoms with Crippen LogP contribution in [0.2, 0.25) is 5.02 Å². The molecule has 0 aromatic heterocycles. The van der Waals surface area contributed by atoms with Crippen molar-refractivity contribution in [3.8, 4) is 5.75 Å². The van der Waals surface area contributed by atoms with Gasteiger partial charge >= 0.3 is 0 Å². The maximum atomic E-state index is 10.4. The summed E-state index contributed by atoms with van der Waals surface area (Å²) in [5, 5.41) is 13.0. The highest BCUT2D eigenvalue weighted by Gasteiger charge is 2.00. The van der Waals surface area contributed by atoms with E-state index in [2.05, 4.69) is 10.2 Å². The Kier molecular flexibility index (Phi) is 3.69. The molecule has 0 heterocycles. The number of aliphatic imine (C=N–C) groups is 1. The van der Waals surface area contributed by atoms with Crippen LogP contribution in [0.3, 0.4) is 0 Å². The first-order valence-electron chi connectivity index (χ1n) is 5.15. The van der Waals surface area contributed by atoms with Crippen LogP contribution in [0.25, 0.3) is 0 Å². The molecule has 90 valence electrons. The number of hydrogen-bond donors (Lipinski definition) is 1. The summed E-state index contributed by atoms with van der Waals surface area (Å²) >= 11 is 5.83. The second kappa shape index (κ2) is 5.42. The highest BCUT2D eigenvalue weighted by Crippen LogP contribution is 2.23. The van der Waals surface area contributed by atoms with E-state index in [1.54, 1.807) is 24.3 Å². The zero-order valence-electron chi connectivity index (χ0n) is 9.25. The minimum absolute atomic E-state index is 0.0354. The lowest BCUT2D eigenvalue weighted by atomic mass is 10.2. The molecule has 18 heavy (non-hydrogen) atoms. The van der Waals surface area contributed by atoms with Gasteiger partial charge in [-0.3, -0.25) is 4.99 Å². The Morgan fingerprint density at radius 3 is 2.67 bits per heavy atom. The molecular weight excluding hydrogens is 252 g/mol. The van der Waals surface area contributed by atoms with E-state index < -0.39 is 0 Å². The standard InChI is InChI=1S/C13H9ClN2O2/c14-10-2-1-3-11(7-10)15-8-9-6-12(16-18)4-5-13(9)17/h1-8,17H. The van der Waals surface area contributed by atoms with E-state index in [9.17, 15) is 10.0 Å². The summed E-state index contributed by atoms with van der Waals surface area (Å²) in [4.78, 5) is 14.6. The Hall–Kier alpha value is -2.20. The van der Waals surface area contributed by atoms with Crippen LogP contribution in [0, 0.1) is 4.91 Å². The van der Waals surface area contributed by atoms with Crippen molar-refractivity contribution in [3.05, 3.63) is 58.0 Å². The molecule has 0 fully saturated rings. The quantitative estimate of drug-likeness (QED) is 0.664. The summed E-state index contributed by atoms with van der Waals surface area (Å²) in [6, 6.07) is 11.3. The van der Waals surface area contributed by atoms with Crippen LogP contribution in [0.5, 0.6) is 5.75 Å². The smallest absolute Gasteiger partial charge is 0.124 e. The van der Waals surface area contributed by atoms with Crippen molar-refractivity contribution in [2.75, 3.05) is 0 Å². The van der Waals surface area contributed by atoms with Gasteiger partial charge in [0.2, 0.25) is 0 Å². The monoisotopic (exact) mass is 260 g/mol. The first-order chi connectivity index (χ1) is 8.69. The minimum Gasteiger partial charge on any atom is -0.507 e. The molecule has 2 aromatic rings. The molecule has 0 spiro atoms. The van der Waals surface area contributed by atoms with Crippen molar-refractivity contribution in [2.24, 2.45) is 10.2 Å². The molecule has 0 aliphatic carbocycles. The summed E-state index contributed by atoms with van der Waals surface area (Å²) in [5.41, 5.74) is 1.32. The average Bonchev–Trinajstić information content (AvgIpc) is 2.38. The SMILES string of the molecule is O=Nc1ccc(O)c(C=Nc2cccc(Cl)c2)c1. The Bertz CT molecular complexity index is 612. The lowest BCUT2D eigenvalue weighted by molar-refractivity contribution is 0.474.